The predicted octanol–water partition coefficient (Wildman–Crippen LogP) is 1.72. The number of hydrogen-bond acceptors (Lipinski definition) is 4. The van der Waals surface area contributed by atoms with Gasteiger partial charge in [-0.1, -0.05) is 18.5 Å². The van der Waals surface area contributed by atoms with Gasteiger partial charge in [-0.15, -0.1) is 0 Å². The molecule has 0 amide bonds. The molecule has 112 valence electrons. The van der Waals surface area contributed by atoms with Crippen LogP contribution in [0, 0.1) is 0 Å². The Balaban J connectivity index is 1.68. The Morgan fingerprint density at radius 3 is 2.35 bits per heavy atom. The fraction of sp³-hybridized carbons (Fsp3) is 0.600. The van der Waals surface area contributed by atoms with Crippen molar-refractivity contribution in [2.75, 3.05) is 45.9 Å². The molecule has 1 aliphatic heterocycles. The lowest BCUT2D eigenvalue weighted by molar-refractivity contribution is 0.0471. The zero-order valence-corrected chi connectivity index (χ0v) is 12.7. The van der Waals surface area contributed by atoms with Gasteiger partial charge in [-0.2, -0.15) is 0 Å². The smallest absolute Gasteiger partial charge is 0.119 e. The van der Waals surface area contributed by atoms with Gasteiger partial charge in [0.2, 0.25) is 0 Å². The highest BCUT2D eigenvalue weighted by Crippen LogP contribution is 2.15. The number of hydrogen-bond donors (Lipinski definition) is 1. The minimum atomic E-state index is -0.459. The van der Waals surface area contributed by atoms with Gasteiger partial charge in [0.1, 0.15) is 18.5 Å². The van der Waals surface area contributed by atoms with Crippen molar-refractivity contribution in [1.29, 1.82) is 0 Å². The first-order valence-electron chi connectivity index (χ1n) is 7.18. The standard InChI is InChI=1S/C15H23ClN2O2/c1-2-17-7-9-18(10-8-17)11-14(19)12-20-15-5-3-13(16)4-6-15/h3-6,14,19H,2,7-12H2,1H3/t14-/m0/s1. The average Bonchev–Trinajstić information content (AvgIpc) is 2.47. The molecule has 1 aromatic carbocycles. The van der Waals surface area contributed by atoms with E-state index in [1.54, 1.807) is 12.1 Å². The van der Waals surface area contributed by atoms with Gasteiger partial charge < -0.3 is 14.7 Å². The molecular weight excluding hydrogens is 276 g/mol. The molecule has 0 unspecified atom stereocenters. The number of nitrogens with zero attached hydrogens (tertiary/aromatic N) is 2. The second-order valence-electron chi connectivity index (χ2n) is 5.15. The van der Waals surface area contributed by atoms with Crippen LogP contribution in [0.25, 0.3) is 0 Å². The molecule has 1 atom stereocenters. The molecule has 1 aliphatic rings. The Morgan fingerprint density at radius 2 is 1.75 bits per heavy atom. The Kier molecular flexibility index (Phi) is 6.10. The normalized spacial score (nSPS) is 18.9. The molecule has 1 saturated heterocycles. The van der Waals surface area contributed by atoms with Gasteiger partial charge in [0, 0.05) is 37.7 Å². The number of aliphatic hydroxyl groups is 1. The highest BCUT2D eigenvalue weighted by Gasteiger charge is 2.18. The molecule has 0 aromatic heterocycles. The molecule has 1 N–H and O–H groups in total. The van der Waals surface area contributed by atoms with E-state index in [1.807, 2.05) is 12.1 Å². The highest BCUT2D eigenvalue weighted by molar-refractivity contribution is 6.30. The maximum absolute atomic E-state index is 10.0. The maximum atomic E-state index is 10.0. The van der Waals surface area contributed by atoms with Gasteiger partial charge in [0.05, 0.1) is 0 Å². The lowest BCUT2D eigenvalue weighted by atomic mass is 10.2. The van der Waals surface area contributed by atoms with Crippen LogP contribution in [-0.2, 0) is 0 Å². The summed E-state index contributed by atoms with van der Waals surface area (Å²) in [6.45, 7) is 8.49. The summed E-state index contributed by atoms with van der Waals surface area (Å²) in [6.07, 6.45) is -0.459. The summed E-state index contributed by atoms with van der Waals surface area (Å²) in [5, 5.41) is 10.7. The number of β-amino-alcohol motifs (C(OH)–C–C–N with tert-alkyl or cyclic N) is 1. The molecule has 0 spiro atoms. The van der Waals surface area contributed by atoms with E-state index in [2.05, 4.69) is 16.7 Å². The van der Waals surface area contributed by atoms with E-state index in [0.29, 0.717) is 18.2 Å². The quantitative estimate of drug-likeness (QED) is 0.867. The van der Waals surface area contributed by atoms with Crippen LogP contribution in [0.5, 0.6) is 5.75 Å². The SMILES string of the molecule is CCN1CCN(C[C@H](O)COc2ccc(Cl)cc2)CC1. The summed E-state index contributed by atoms with van der Waals surface area (Å²) >= 11 is 5.81. The number of likely N-dealkylation sites (N-methyl/N-ethyl adjacent to an activating group) is 1. The number of halogens is 1. The van der Waals surface area contributed by atoms with Crippen molar-refractivity contribution in [2.45, 2.75) is 13.0 Å². The Bertz CT molecular complexity index is 391. The molecule has 4 nitrogen and oxygen atoms in total. The average molecular weight is 299 g/mol. The third-order valence-corrected chi connectivity index (χ3v) is 3.89. The van der Waals surface area contributed by atoms with E-state index < -0.39 is 6.10 Å². The topological polar surface area (TPSA) is 35.9 Å². The Morgan fingerprint density at radius 1 is 1.15 bits per heavy atom. The van der Waals surface area contributed by atoms with Crippen LogP contribution in [0.1, 0.15) is 6.92 Å². The molecular formula is C15H23ClN2O2. The summed E-state index contributed by atoms with van der Waals surface area (Å²) in [6, 6.07) is 7.20. The first-order valence-corrected chi connectivity index (χ1v) is 7.56. The van der Waals surface area contributed by atoms with Gasteiger partial charge in [0.25, 0.3) is 0 Å². The molecule has 0 saturated carbocycles. The summed E-state index contributed by atoms with van der Waals surface area (Å²) < 4.78 is 5.56. The maximum Gasteiger partial charge on any atom is 0.119 e. The van der Waals surface area contributed by atoms with Crippen LogP contribution in [0.15, 0.2) is 24.3 Å². The van der Waals surface area contributed by atoms with Crippen LogP contribution >= 0.6 is 11.6 Å². The molecule has 1 fully saturated rings. The molecule has 2 rings (SSSR count). The monoisotopic (exact) mass is 298 g/mol. The number of piperazine rings is 1. The molecule has 5 heteroatoms. The van der Waals surface area contributed by atoms with Crippen molar-refractivity contribution in [2.24, 2.45) is 0 Å². The van der Waals surface area contributed by atoms with Gasteiger partial charge in [-0.05, 0) is 30.8 Å². The van der Waals surface area contributed by atoms with Gasteiger partial charge in [-0.3, -0.25) is 4.90 Å². The van der Waals surface area contributed by atoms with Crippen LogP contribution < -0.4 is 4.74 Å². The lowest BCUT2D eigenvalue weighted by Crippen LogP contribution is -2.49. The molecule has 0 radical (unpaired) electrons. The molecule has 0 aliphatic carbocycles. The van der Waals surface area contributed by atoms with Crippen molar-refractivity contribution in [3.63, 3.8) is 0 Å². The summed E-state index contributed by atoms with van der Waals surface area (Å²) in [5.74, 6) is 0.740. The largest absolute Gasteiger partial charge is 0.491 e. The van der Waals surface area contributed by atoms with Crippen LogP contribution in [0.3, 0.4) is 0 Å². The van der Waals surface area contributed by atoms with Crippen molar-refractivity contribution in [1.82, 2.24) is 9.80 Å². The fourth-order valence-corrected chi connectivity index (χ4v) is 2.49. The fourth-order valence-electron chi connectivity index (χ4n) is 2.36. The van der Waals surface area contributed by atoms with Crippen molar-refractivity contribution in [3.8, 4) is 5.75 Å². The Labute approximate surface area is 125 Å². The minimum Gasteiger partial charge on any atom is -0.491 e. The molecule has 1 heterocycles. The number of benzene rings is 1. The minimum absolute atomic E-state index is 0.315. The Hall–Kier alpha value is -0.810. The molecule has 0 bridgehead atoms. The molecule has 1 aromatic rings. The summed E-state index contributed by atoms with van der Waals surface area (Å²) in [4.78, 5) is 4.72. The van der Waals surface area contributed by atoms with E-state index in [4.69, 9.17) is 16.3 Å². The van der Waals surface area contributed by atoms with Crippen molar-refractivity contribution < 1.29 is 9.84 Å². The number of rotatable bonds is 6. The zero-order chi connectivity index (χ0) is 14.4. The van der Waals surface area contributed by atoms with Crippen molar-refractivity contribution >= 4 is 11.6 Å². The molecule has 20 heavy (non-hydrogen) atoms. The summed E-state index contributed by atoms with van der Waals surface area (Å²) in [5.41, 5.74) is 0. The lowest BCUT2D eigenvalue weighted by Gasteiger charge is -2.34. The van der Waals surface area contributed by atoms with E-state index in [0.717, 1.165) is 38.5 Å². The van der Waals surface area contributed by atoms with Gasteiger partial charge in [-0.25, -0.2) is 0 Å². The van der Waals surface area contributed by atoms with Crippen LogP contribution in [0.2, 0.25) is 5.02 Å². The third-order valence-electron chi connectivity index (χ3n) is 3.64. The third kappa shape index (κ3) is 4.94. The zero-order valence-electron chi connectivity index (χ0n) is 12.0. The van der Waals surface area contributed by atoms with E-state index in [1.165, 1.54) is 0 Å². The van der Waals surface area contributed by atoms with Gasteiger partial charge in [0.15, 0.2) is 0 Å². The van der Waals surface area contributed by atoms with E-state index >= 15 is 0 Å². The second-order valence-corrected chi connectivity index (χ2v) is 5.59. The summed E-state index contributed by atoms with van der Waals surface area (Å²) in [7, 11) is 0. The van der Waals surface area contributed by atoms with Gasteiger partial charge >= 0.3 is 0 Å². The number of ether oxygens (including phenoxy) is 1. The van der Waals surface area contributed by atoms with E-state index in [-0.39, 0.29) is 0 Å². The van der Waals surface area contributed by atoms with Crippen molar-refractivity contribution in [3.05, 3.63) is 29.3 Å². The van der Waals surface area contributed by atoms with Crippen LogP contribution in [0.4, 0.5) is 0 Å². The van der Waals surface area contributed by atoms with E-state index in [9.17, 15) is 5.11 Å². The number of aliphatic hydroxyl groups excluding tert-OH is 1. The van der Waals surface area contributed by atoms with Crippen LogP contribution in [-0.4, -0.2) is 66.9 Å². The predicted molar refractivity (Wildman–Crippen MR) is 81.5 cm³/mol. The first-order chi connectivity index (χ1) is 9.67. The second kappa shape index (κ2) is 7.84. The first kappa shape index (κ1) is 15.6. The highest BCUT2D eigenvalue weighted by atomic mass is 35.5.